The predicted octanol–water partition coefficient (Wildman–Crippen LogP) is 5.61. The maximum atomic E-state index is 6.08. The third-order valence-electron chi connectivity index (χ3n) is 5.65. The SMILES string of the molecule is CCC/C(=C\CN)c1ccc2c(c1)C(Nc1ccc(Cl)cc1)CCn1nnc(C)c1-2. The minimum Gasteiger partial charge on any atom is -0.378 e. The van der Waals surface area contributed by atoms with E-state index in [4.69, 9.17) is 17.3 Å². The molecule has 1 aromatic heterocycles. The molecule has 156 valence electrons. The van der Waals surface area contributed by atoms with E-state index in [0.29, 0.717) is 6.54 Å². The standard InChI is InChI=1S/C24H28ClN5/c1-3-4-17(11-13-26)18-5-10-21-22(15-18)23(27-20-8-6-19(25)7-9-20)12-14-30-24(21)16(2)28-29-30/h5-11,15,23,27H,3-4,12-14,26H2,1-2H3/b17-11+. The van der Waals surface area contributed by atoms with Crippen LogP contribution in [-0.4, -0.2) is 21.5 Å². The number of hydrogen-bond acceptors (Lipinski definition) is 4. The van der Waals surface area contributed by atoms with Crippen LogP contribution in [0.4, 0.5) is 5.69 Å². The van der Waals surface area contributed by atoms with Gasteiger partial charge in [0.2, 0.25) is 0 Å². The second-order valence-electron chi connectivity index (χ2n) is 7.76. The predicted molar refractivity (Wildman–Crippen MR) is 125 cm³/mol. The van der Waals surface area contributed by atoms with Crippen LogP contribution in [0.5, 0.6) is 0 Å². The highest BCUT2D eigenvalue weighted by Gasteiger charge is 2.25. The molecule has 1 unspecified atom stereocenters. The number of fused-ring (bicyclic) bond motifs is 3. The first kappa shape index (κ1) is 20.6. The molecule has 2 aromatic carbocycles. The van der Waals surface area contributed by atoms with Gasteiger partial charge in [-0.2, -0.15) is 0 Å². The Morgan fingerprint density at radius 1 is 1.27 bits per heavy atom. The fourth-order valence-electron chi connectivity index (χ4n) is 4.24. The van der Waals surface area contributed by atoms with Crippen LogP contribution in [0.3, 0.4) is 0 Å². The largest absolute Gasteiger partial charge is 0.378 e. The zero-order chi connectivity index (χ0) is 21.1. The molecule has 0 bridgehead atoms. The molecule has 3 N–H and O–H groups in total. The van der Waals surface area contributed by atoms with E-state index in [1.807, 2.05) is 35.9 Å². The summed E-state index contributed by atoms with van der Waals surface area (Å²) >= 11 is 6.08. The molecule has 3 aromatic rings. The molecule has 1 atom stereocenters. The summed E-state index contributed by atoms with van der Waals surface area (Å²) in [5.41, 5.74) is 14.0. The van der Waals surface area contributed by atoms with Crippen molar-refractivity contribution in [3.05, 3.63) is 70.4 Å². The van der Waals surface area contributed by atoms with Crippen molar-refractivity contribution in [1.29, 1.82) is 0 Å². The maximum absolute atomic E-state index is 6.08. The highest BCUT2D eigenvalue weighted by Crippen LogP contribution is 2.38. The molecule has 5 nitrogen and oxygen atoms in total. The number of benzene rings is 2. The lowest BCUT2D eigenvalue weighted by Crippen LogP contribution is -2.13. The normalized spacial score (nSPS) is 16.0. The number of nitrogens with two attached hydrogens (primary N) is 1. The molecule has 1 aliphatic heterocycles. The molecule has 0 aliphatic carbocycles. The molecular formula is C24H28ClN5. The van der Waals surface area contributed by atoms with Gasteiger partial charge in [-0.25, -0.2) is 4.68 Å². The van der Waals surface area contributed by atoms with Gasteiger partial charge in [0.15, 0.2) is 0 Å². The number of anilines is 1. The van der Waals surface area contributed by atoms with Gasteiger partial charge in [0.1, 0.15) is 0 Å². The van der Waals surface area contributed by atoms with Crippen molar-refractivity contribution in [3.63, 3.8) is 0 Å². The quantitative estimate of drug-likeness (QED) is 0.543. The molecule has 4 rings (SSSR count). The van der Waals surface area contributed by atoms with Gasteiger partial charge < -0.3 is 11.1 Å². The second-order valence-corrected chi connectivity index (χ2v) is 8.19. The van der Waals surface area contributed by atoms with E-state index < -0.39 is 0 Å². The van der Waals surface area contributed by atoms with Crippen molar-refractivity contribution in [3.8, 4) is 11.3 Å². The first-order chi connectivity index (χ1) is 14.6. The van der Waals surface area contributed by atoms with Crippen LogP contribution < -0.4 is 11.1 Å². The van der Waals surface area contributed by atoms with Crippen molar-refractivity contribution in [2.45, 2.75) is 45.7 Å². The number of hydrogen-bond donors (Lipinski definition) is 2. The molecule has 30 heavy (non-hydrogen) atoms. The van der Waals surface area contributed by atoms with E-state index in [1.165, 1.54) is 22.3 Å². The summed E-state index contributed by atoms with van der Waals surface area (Å²) in [6.45, 7) is 5.59. The molecule has 0 saturated heterocycles. The number of aryl methyl sites for hydroxylation is 2. The van der Waals surface area contributed by atoms with Gasteiger partial charge in [-0.15, -0.1) is 5.10 Å². The Bertz CT molecular complexity index is 1050. The van der Waals surface area contributed by atoms with Gasteiger partial charge in [0, 0.05) is 29.4 Å². The van der Waals surface area contributed by atoms with Crippen molar-refractivity contribution in [2.75, 3.05) is 11.9 Å². The Hall–Kier alpha value is -2.63. The lowest BCUT2D eigenvalue weighted by Gasteiger charge is -2.22. The first-order valence-electron chi connectivity index (χ1n) is 10.6. The van der Waals surface area contributed by atoms with Crippen LogP contribution in [0.1, 0.15) is 49.0 Å². The number of nitrogens with zero attached hydrogens (tertiary/aromatic N) is 3. The van der Waals surface area contributed by atoms with E-state index in [0.717, 1.165) is 47.9 Å². The third kappa shape index (κ3) is 4.13. The topological polar surface area (TPSA) is 68.8 Å². The Balaban J connectivity index is 1.81. The zero-order valence-corrected chi connectivity index (χ0v) is 18.3. The number of rotatable bonds is 6. The van der Waals surface area contributed by atoms with Crippen LogP contribution in [0.15, 0.2) is 48.5 Å². The fraction of sp³-hybridized carbons (Fsp3) is 0.333. The molecule has 0 amide bonds. The summed E-state index contributed by atoms with van der Waals surface area (Å²) in [5, 5.41) is 13.2. The van der Waals surface area contributed by atoms with Crippen LogP contribution in [0.25, 0.3) is 16.8 Å². The highest BCUT2D eigenvalue weighted by atomic mass is 35.5. The molecule has 0 saturated carbocycles. The molecule has 0 spiro atoms. The van der Waals surface area contributed by atoms with Gasteiger partial charge in [-0.05, 0) is 66.8 Å². The van der Waals surface area contributed by atoms with Gasteiger partial charge in [-0.3, -0.25) is 0 Å². The van der Waals surface area contributed by atoms with Crippen LogP contribution in [-0.2, 0) is 6.54 Å². The summed E-state index contributed by atoms with van der Waals surface area (Å²) in [6.07, 6.45) is 5.16. The summed E-state index contributed by atoms with van der Waals surface area (Å²) < 4.78 is 2.03. The van der Waals surface area contributed by atoms with E-state index >= 15 is 0 Å². The van der Waals surface area contributed by atoms with Crippen LogP contribution in [0.2, 0.25) is 5.02 Å². The number of aromatic nitrogens is 3. The Labute approximate surface area is 182 Å². The molecule has 6 heteroatoms. The van der Waals surface area contributed by atoms with E-state index in [2.05, 4.69) is 46.8 Å². The average Bonchev–Trinajstić information content (AvgIpc) is 3.04. The third-order valence-corrected chi connectivity index (χ3v) is 5.91. The molecule has 2 heterocycles. The van der Waals surface area contributed by atoms with Crippen molar-refractivity contribution >= 4 is 22.9 Å². The van der Waals surface area contributed by atoms with E-state index in [9.17, 15) is 0 Å². The Morgan fingerprint density at radius 3 is 2.80 bits per heavy atom. The molecule has 1 aliphatic rings. The van der Waals surface area contributed by atoms with Gasteiger partial charge in [0.05, 0.1) is 17.4 Å². The zero-order valence-electron chi connectivity index (χ0n) is 17.5. The van der Waals surface area contributed by atoms with Gasteiger partial charge in [-0.1, -0.05) is 48.4 Å². The number of halogens is 1. The molecule has 0 radical (unpaired) electrons. The average molecular weight is 422 g/mol. The summed E-state index contributed by atoms with van der Waals surface area (Å²) in [6, 6.07) is 14.8. The number of nitrogens with one attached hydrogen (secondary N) is 1. The summed E-state index contributed by atoms with van der Waals surface area (Å²) in [7, 11) is 0. The monoisotopic (exact) mass is 421 g/mol. The fourth-order valence-corrected chi connectivity index (χ4v) is 4.36. The summed E-state index contributed by atoms with van der Waals surface area (Å²) in [4.78, 5) is 0. The lowest BCUT2D eigenvalue weighted by atomic mass is 9.91. The Morgan fingerprint density at radius 2 is 2.07 bits per heavy atom. The van der Waals surface area contributed by atoms with Crippen molar-refractivity contribution < 1.29 is 0 Å². The van der Waals surface area contributed by atoms with E-state index in [1.54, 1.807) is 0 Å². The molecule has 0 fully saturated rings. The first-order valence-corrected chi connectivity index (χ1v) is 10.9. The lowest BCUT2D eigenvalue weighted by molar-refractivity contribution is 0.539. The smallest absolute Gasteiger partial charge is 0.0918 e. The highest BCUT2D eigenvalue weighted by molar-refractivity contribution is 6.30. The molecular weight excluding hydrogens is 394 g/mol. The summed E-state index contributed by atoms with van der Waals surface area (Å²) in [5.74, 6) is 0. The Kier molecular flexibility index (Phi) is 6.21. The van der Waals surface area contributed by atoms with Crippen molar-refractivity contribution in [2.24, 2.45) is 5.73 Å². The number of allylic oxidation sites excluding steroid dienone is 1. The van der Waals surface area contributed by atoms with Crippen LogP contribution in [0, 0.1) is 6.92 Å². The van der Waals surface area contributed by atoms with Gasteiger partial charge >= 0.3 is 0 Å². The van der Waals surface area contributed by atoms with Crippen LogP contribution >= 0.6 is 11.6 Å². The minimum absolute atomic E-state index is 0.156. The van der Waals surface area contributed by atoms with Gasteiger partial charge in [0.25, 0.3) is 0 Å². The van der Waals surface area contributed by atoms with E-state index in [-0.39, 0.29) is 6.04 Å². The second kappa shape index (κ2) is 9.02. The minimum atomic E-state index is 0.156. The maximum Gasteiger partial charge on any atom is 0.0918 e. The van der Waals surface area contributed by atoms with Crippen molar-refractivity contribution in [1.82, 2.24) is 15.0 Å².